The number of fused-ring (bicyclic) bond motifs is 7. The van der Waals surface area contributed by atoms with Crippen molar-refractivity contribution in [3.8, 4) is 0 Å². The van der Waals surface area contributed by atoms with Crippen molar-refractivity contribution in [2.24, 2.45) is 52.3 Å². The third-order valence-corrected chi connectivity index (χ3v) is 12.5. The van der Waals surface area contributed by atoms with Crippen LogP contribution in [0.2, 0.25) is 0 Å². The first-order valence-corrected chi connectivity index (χ1v) is 15.2. The zero-order valence-electron chi connectivity index (χ0n) is 23.2. The summed E-state index contributed by atoms with van der Waals surface area (Å²) in [5.41, 5.74) is -0.0984. The second-order valence-electron chi connectivity index (χ2n) is 14.2. The van der Waals surface area contributed by atoms with Gasteiger partial charge in [0.1, 0.15) is 11.9 Å². The first-order valence-electron chi connectivity index (χ1n) is 15.2. The molecule has 0 radical (unpaired) electrons. The van der Waals surface area contributed by atoms with Crippen LogP contribution < -0.4 is 0 Å². The molecule has 0 aromatic carbocycles. The summed E-state index contributed by atoms with van der Waals surface area (Å²) in [6.45, 7) is 12.2. The number of hydrogen-bond acceptors (Lipinski definition) is 5. The van der Waals surface area contributed by atoms with Crippen LogP contribution in [0.3, 0.4) is 0 Å². The average Bonchev–Trinajstić information content (AvgIpc) is 3.28. The van der Waals surface area contributed by atoms with Gasteiger partial charge in [0.05, 0.1) is 12.7 Å². The van der Waals surface area contributed by atoms with Gasteiger partial charge in [-0.15, -0.1) is 0 Å². The van der Waals surface area contributed by atoms with E-state index in [2.05, 4.69) is 27.7 Å². The molecule has 6 aliphatic rings. The maximum atomic E-state index is 14.2. The van der Waals surface area contributed by atoms with Crippen molar-refractivity contribution in [1.29, 1.82) is 0 Å². The molecule has 6 rings (SSSR count). The van der Waals surface area contributed by atoms with Gasteiger partial charge in [-0.05, 0) is 86.4 Å². The Morgan fingerprint density at radius 3 is 2.58 bits per heavy atom. The van der Waals surface area contributed by atoms with E-state index in [1.807, 2.05) is 6.92 Å². The Kier molecular flexibility index (Phi) is 6.19. The molecule has 202 valence electrons. The maximum absolute atomic E-state index is 14.2. The summed E-state index contributed by atoms with van der Waals surface area (Å²) in [6.07, 6.45) is 10.9. The van der Waals surface area contributed by atoms with Crippen LogP contribution in [0.25, 0.3) is 0 Å². The van der Waals surface area contributed by atoms with E-state index in [0.29, 0.717) is 41.8 Å². The predicted octanol–water partition coefficient (Wildman–Crippen LogP) is 6.32. The largest absolute Gasteiger partial charge is 0.462 e. The fraction of sp³-hybridized carbons (Fsp3) is 0.935. The van der Waals surface area contributed by atoms with E-state index >= 15 is 0 Å². The molecule has 0 aromatic rings. The Balaban J connectivity index is 1.21. The van der Waals surface area contributed by atoms with E-state index in [1.165, 1.54) is 12.8 Å². The molecule has 0 bridgehead atoms. The third kappa shape index (κ3) is 3.53. The minimum Gasteiger partial charge on any atom is -0.462 e. The Labute approximate surface area is 217 Å². The van der Waals surface area contributed by atoms with Gasteiger partial charge in [0.2, 0.25) is 0 Å². The Hall–Kier alpha value is -0.940. The van der Waals surface area contributed by atoms with Gasteiger partial charge in [-0.3, -0.25) is 9.59 Å². The van der Waals surface area contributed by atoms with Gasteiger partial charge in [0.15, 0.2) is 5.79 Å². The highest BCUT2D eigenvalue weighted by molar-refractivity contribution is 5.87. The Morgan fingerprint density at radius 2 is 1.86 bits per heavy atom. The molecular formula is C31H48O5. The van der Waals surface area contributed by atoms with Gasteiger partial charge in [-0.25, -0.2) is 0 Å². The highest BCUT2D eigenvalue weighted by Gasteiger charge is 2.71. The van der Waals surface area contributed by atoms with E-state index in [9.17, 15) is 9.59 Å². The summed E-state index contributed by atoms with van der Waals surface area (Å²) in [6, 6.07) is 0. The summed E-state index contributed by atoms with van der Waals surface area (Å²) >= 11 is 0. The molecule has 2 aliphatic heterocycles. The van der Waals surface area contributed by atoms with Gasteiger partial charge in [0, 0.05) is 36.5 Å². The van der Waals surface area contributed by atoms with Crippen molar-refractivity contribution in [3.05, 3.63) is 0 Å². The lowest BCUT2D eigenvalue weighted by molar-refractivity contribution is -0.272. The molecule has 36 heavy (non-hydrogen) atoms. The number of esters is 1. The molecule has 0 aromatic heterocycles. The quantitative estimate of drug-likeness (QED) is 0.424. The van der Waals surface area contributed by atoms with Crippen LogP contribution in [0, 0.1) is 52.3 Å². The minimum absolute atomic E-state index is 0.0378. The normalized spacial score (nSPS) is 53.9. The van der Waals surface area contributed by atoms with E-state index in [4.69, 9.17) is 14.2 Å². The van der Waals surface area contributed by atoms with Gasteiger partial charge < -0.3 is 14.2 Å². The second kappa shape index (κ2) is 8.79. The van der Waals surface area contributed by atoms with Crippen LogP contribution in [0.15, 0.2) is 0 Å². The van der Waals surface area contributed by atoms with Gasteiger partial charge >= 0.3 is 5.97 Å². The summed E-state index contributed by atoms with van der Waals surface area (Å²) in [7, 11) is 0. The summed E-state index contributed by atoms with van der Waals surface area (Å²) in [5, 5.41) is 0. The van der Waals surface area contributed by atoms with Crippen LogP contribution >= 0.6 is 0 Å². The fourth-order valence-corrected chi connectivity index (χ4v) is 10.5. The molecule has 0 N–H and O–H groups in total. The standard InChI is InChI=1S/C31H48O5/c1-6-7-27(33)35-21-11-12-29(4)20(14-21)8-9-22-23(29)16-26(32)30(5)24(22)15-25-28(30)19(3)31(36-25)13-10-18(2)17-34-31/h18-25,28H,6-17H2,1-5H3/t18-,19-,20-,21+,22+,23+,24+,25-,28-,29-,30+,31+/m0/s1. The number of hydrogen-bond donors (Lipinski definition) is 0. The maximum Gasteiger partial charge on any atom is 0.306 e. The molecule has 2 heterocycles. The summed E-state index contributed by atoms with van der Waals surface area (Å²) in [5.74, 6) is 3.19. The zero-order valence-corrected chi connectivity index (χ0v) is 23.2. The highest BCUT2D eigenvalue weighted by atomic mass is 16.7. The number of ketones is 1. The zero-order chi connectivity index (χ0) is 25.5. The van der Waals surface area contributed by atoms with Crippen LogP contribution in [-0.2, 0) is 23.8 Å². The SMILES string of the molecule is CCCC(=O)O[C@@H]1CC[C@@]2(C)[C@@H](CC[C@@H]3[C@H]2CC(=O)[C@]2(C)[C@@H]4[C@H](C[C@H]32)O[C@]2(CC[C@H](C)CO2)[C@H]4C)C1. The van der Waals surface area contributed by atoms with Crippen molar-refractivity contribution < 1.29 is 23.8 Å². The lowest BCUT2D eigenvalue weighted by Crippen LogP contribution is -2.58. The lowest BCUT2D eigenvalue weighted by atomic mass is 9.44. The Morgan fingerprint density at radius 1 is 1.06 bits per heavy atom. The molecule has 2 saturated heterocycles. The van der Waals surface area contributed by atoms with E-state index < -0.39 is 5.79 Å². The molecule has 6 fully saturated rings. The molecule has 4 saturated carbocycles. The molecule has 1 spiro atoms. The highest BCUT2D eigenvalue weighted by Crippen LogP contribution is 2.70. The van der Waals surface area contributed by atoms with Crippen LogP contribution in [0.1, 0.15) is 105 Å². The van der Waals surface area contributed by atoms with Crippen molar-refractivity contribution in [1.82, 2.24) is 0 Å². The van der Waals surface area contributed by atoms with Gasteiger partial charge in [-0.2, -0.15) is 0 Å². The average molecular weight is 501 g/mol. The molecule has 12 atom stereocenters. The van der Waals surface area contributed by atoms with E-state index in [0.717, 1.165) is 58.0 Å². The molecular weight excluding hydrogens is 452 g/mol. The number of rotatable bonds is 3. The fourth-order valence-electron chi connectivity index (χ4n) is 10.5. The van der Waals surface area contributed by atoms with Crippen molar-refractivity contribution in [3.63, 3.8) is 0 Å². The van der Waals surface area contributed by atoms with E-state index in [-0.39, 0.29) is 40.8 Å². The van der Waals surface area contributed by atoms with E-state index in [1.54, 1.807) is 0 Å². The summed E-state index contributed by atoms with van der Waals surface area (Å²) < 4.78 is 19.1. The molecule has 5 nitrogen and oxygen atoms in total. The predicted molar refractivity (Wildman–Crippen MR) is 137 cm³/mol. The smallest absolute Gasteiger partial charge is 0.306 e. The minimum atomic E-state index is -0.468. The number of carbonyl (C=O) groups excluding carboxylic acids is 2. The monoisotopic (exact) mass is 500 g/mol. The first kappa shape index (κ1) is 25.3. The van der Waals surface area contributed by atoms with Crippen LogP contribution in [0.4, 0.5) is 0 Å². The Bertz CT molecular complexity index is 891. The molecule has 0 unspecified atom stereocenters. The molecule has 0 amide bonds. The second-order valence-corrected chi connectivity index (χ2v) is 14.2. The van der Waals surface area contributed by atoms with Crippen LogP contribution in [-0.4, -0.2) is 36.4 Å². The van der Waals surface area contributed by atoms with Crippen molar-refractivity contribution in [2.45, 2.75) is 123 Å². The van der Waals surface area contributed by atoms with Crippen molar-refractivity contribution >= 4 is 11.8 Å². The van der Waals surface area contributed by atoms with Gasteiger partial charge in [-0.1, -0.05) is 34.6 Å². The number of carbonyl (C=O) groups is 2. The molecule has 5 heteroatoms. The van der Waals surface area contributed by atoms with Crippen molar-refractivity contribution in [2.75, 3.05) is 6.61 Å². The third-order valence-electron chi connectivity index (χ3n) is 12.5. The molecule has 4 aliphatic carbocycles. The lowest BCUT2D eigenvalue weighted by Gasteiger charge is -2.60. The van der Waals surface area contributed by atoms with Gasteiger partial charge in [0.25, 0.3) is 0 Å². The first-order chi connectivity index (χ1) is 17.1. The topological polar surface area (TPSA) is 61.8 Å². The number of ether oxygens (including phenoxy) is 3. The summed E-state index contributed by atoms with van der Waals surface area (Å²) in [4.78, 5) is 26.3. The number of Topliss-reactive ketones (excluding diaryl/α,β-unsaturated/α-hetero) is 1. The van der Waals surface area contributed by atoms with Crippen LogP contribution in [0.5, 0.6) is 0 Å².